The lowest BCUT2D eigenvalue weighted by molar-refractivity contribution is -0.142. The predicted molar refractivity (Wildman–Crippen MR) is 145 cm³/mol. The second-order valence-corrected chi connectivity index (χ2v) is 11.9. The zero-order valence-corrected chi connectivity index (χ0v) is 23.4. The van der Waals surface area contributed by atoms with E-state index in [2.05, 4.69) is 12.2 Å². The molecule has 2 aliphatic carbocycles. The number of rotatable bonds is 17. The first-order valence-electron chi connectivity index (χ1n) is 14.6. The summed E-state index contributed by atoms with van der Waals surface area (Å²) in [5.74, 6) is -1.67. The molecule has 0 aromatic carbocycles. The van der Waals surface area contributed by atoms with Crippen molar-refractivity contribution in [2.75, 3.05) is 0 Å². The lowest BCUT2D eigenvalue weighted by Crippen LogP contribution is -2.41. The number of ketones is 2. The highest BCUT2D eigenvalue weighted by molar-refractivity contribution is 5.90. The number of aliphatic hydroxyl groups excluding tert-OH is 2. The topological polar surface area (TPSA) is 141 Å². The van der Waals surface area contributed by atoms with Crippen molar-refractivity contribution in [3.8, 4) is 0 Å². The molecular weight excluding hydrogens is 486 g/mol. The zero-order chi connectivity index (χ0) is 28.2. The Morgan fingerprint density at radius 3 is 2.47 bits per heavy atom. The lowest BCUT2D eigenvalue weighted by atomic mass is 9.87. The summed E-state index contributed by atoms with van der Waals surface area (Å²) in [5.41, 5.74) is 0. The highest BCUT2D eigenvalue weighted by Gasteiger charge is 2.41. The number of aliphatic carboxylic acids is 1. The minimum atomic E-state index is -1.05. The summed E-state index contributed by atoms with van der Waals surface area (Å²) in [6.45, 7) is 5.97. The van der Waals surface area contributed by atoms with Gasteiger partial charge in [-0.2, -0.15) is 0 Å². The minimum Gasteiger partial charge on any atom is -0.480 e. The molecule has 7 atom stereocenters. The Morgan fingerprint density at radius 2 is 1.82 bits per heavy atom. The Morgan fingerprint density at radius 1 is 1.11 bits per heavy atom. The van der Waals surface area contributed by atoms with Gasteiger partial charge in [0.15, 0.2) is 0 Å². The lowest BCUT2D eigenvalue weighted by Gasteiger charge is -2.19. The molecule has 2 aliphatic rings. The summed E-state index contributed by atoms with van der Waals surface area (Å²) in [6, 6.07) is -0.913. The molecule has 8 nitrogen and oxygen atoms in total. The van der Waals surface area contributed by atoms with Gasteiger partial charge in [-0.05, 0) is 49.9 Å². The zero-order valence-electron chi connectivity index (χ0n) is 23.4. The summed E-state index contributed by atoms with van der Waals surface area (Å²) in [4.78, 5) is 48.5. The maximum Gasteiger partial charge on any atom is 0.326 e. The third-order valence-electron chi connectivity index (χ3n) is 8.19. The Hall–Kier alpha value is -2.06. The highest BCUT2D eigenvalue weighted by atomic mass is 16.4. The van der Waals surface area contributed by atoms with E-state index >= 15 is 0 Å². The highest BCUT2D eigenvalue weighted by Crippen LogP contribution is 2.38. The van der Waals surface area contributed by atoms with Gasteiger partial charge in [0.25, 0.3) is 0 Å². The van der Waals surface area contributed by atoms with Gasteiger partial charge in [-0.1, -0.05) is 58.6 Å². The van der Waals surface area contributed by atoms with Gasteiger partial charge in [-0.15, -0.1) is 0 Å². The van der Waals surface area contributed by atoms with Crippen molar-refractivity contribution in [2.45, 2.75) is 122 Å². The van der Waals surface area contributed by atoms with Crippen LogP contribution in [0.5, 0.6) is 0 Å². The van der Waals surface area contributed by atoms with Crippen LogP contribution in [0.15, 0.2) is 12.2 Å². The first-order valence-corrected chi connectivity index (χ1v) is 14.6. The van der Waals surface area contributed by atoms with Crippen molar-refractivity contribution < 1.29 is 34.5 Å². The first kappa shape index (κ1) is 32.2. The minimum absolute atomic E-state index is 0.0207. The third-order valence-corrected chi connectivity index (χ3v) is 8.19. The number of hydrogen-bond acceptors (Lipinski definition) is 6. The van der Waals surface area contributed by atoms with Gasteiger partial charge in [0.1, 0.15) is 17.6 Å². The molecule has 1 amide bonds. The van der Waals surface area contributed by atoms with Crippen LogP contribution in [0, 0.1) is 29.6 Å². The van der Waals surface area contributed by atoms with E-state index in [1.54, 1.807) is 12.2 Å². The van der Waals surface area contributed by atoms with Crippen molar-refractivity contribution in [1.29, 1.82) is 0 Å². The van der Waals surface area contributed by atoms with Crippen LogP contribution in [0.4, 0.5) is 0 Å². The second-order valence-electron chi connectivity index (χ2n) is 11.9. The molecule has 8 heteroatoms. The van der Waals surface area contributed by atoms with Gasteiger partial charge in [0.05, 0.1) is 12.2 Å². The molecule has 38 heavy (non-hydrogen) atoms. The van der Waals surface area contributed by atoms with E-state index in [9.17, 15) is 34.5 Å². The number of nitrogens with one attached hydrogen (secondary N) is 1. The number of carbonyl (C=O) groups is 4. The van der Waals surface area contributed by atoms with Crippen LogP contribution in [0.25, 0.3) is 0 Å². The molecule has 0 aliphatic heterocycles. The van der Waals surface area contributed by atoms with Crippen molar-refractivity contribution >= 4 is 23.4 Å². The summed E-state index contributed by atoms with van der Waals surface area (Å²) >= 11 is 0. The van der Waals surface area contributed by atoms with E-state index in [0.29, 0.717) is 25.2 Å². The maximum atomic E-state index is 12.6. The second kappa shape index (κ2) is 16.1. The van der Waals surface area contributed by atoms with Crippen LogP contribution in [0.3, 0.4) is 0 Å². The van der Waals surface area contributed by atoms with Gasteiger partial charge in [0.2, 0.25) is 5.91 Å². The molecule has 1 unspecified atom stereocenters. The average molecular weight is 536 g/mol. The summed E-state index contributed by atoms with van der Waals surface area (Å²) in [6.07, 6.45) is 10.4. The summed E-state index contributed by atoms with van der Waals surface area (Å²) in [5, 5.41) is 32.9. The number of carboxylic acid groups (broad SMARTS) is 1. The van der Waals surface area contributed by atoms with Crippen LogP contribution in [0.2, 0.25) is 0 Å². The molecule has 2 fully saturated rings. The Bertz CT molecular complexity index is 823. The Kier molecular flexibility index (Phi) is 13.7. The molecule has 0 heterocycles. The van der Waals surface area contributed by atoms with E-state index in [1.165, 1.54) is 19.3 Å². The number of aliphatic hydroxyl groups is 2. The molecule has 4 N–H and O–H groups in total. The molecule has 0 bridgehead atoms. The average Bonchev–Trinajstić information content (AvgIpc) is 3.42. The van der Waals surface area contributed by atoms with Crippen LogP contribution in [0.1, 0.15) is 104 Å². The Labute approximate surface area is 227 Å². The van der Waals surface area contributed by atoms with Crippen LogP contribution < -0.4 is 5.32 Å². The van der Waals surface area contributed by atoms with Crippen molar-refractivity contribution in [3.05, 3.63) is 12.2 Å². The molecule has 216 valence electrons. The summed E-state index contributed by atoms with van der Waals surface area (Å²) < 4.78 is 0. The van der Waals surface area contributed by atoms with Gasteiger partial charge in [-0.25, -0.2) is 4.79 Å². The molecular formula is C30H49NO7. The monoisotopic (exact) mass is 535 g/mol. The fraction of sp³-hybridized carbons (Fsp3) is 0.800. The Balaban J connectivity index is 1.78. The van der Waals surface area contributed by atoms with Gasteiger partial charge < -0.3 is 20.6 Å². The van der Waals surface area contributed by atoms with E-state index in [1.807, 2.05) is 13.8 Å². The fourth-order valence-corrected chi connectivity index (χ4v) is 5.98. The SMILES string of the molecule is CCCC[C@H]1CCC([C@@H](O)/C=C/[C@H]2[C@H](O)CC(=O)[C@@H]2CC(=O)CCCCC(=O)N[C@@H](CC(C)C)C(=O)O)C1. The smallest absolute Gasteiger partial charge is 0.326 e. The van der Waals surface area contributed by atoms with Crippen molar-refractivity contribution in [2.24, 2.45) is 29.6 Å². The number of amides is 1. The molecule has 2 saturated carbocycles. The van der Waals surface area contributed by atoms with E-state index in [0.717, 1.165) is 19.3 Å². The molecule has 0 aromatic heterocycles. The van der Waals surface area contributed by atoms with E-state index in [4.69, 9.17) is 0 Å². The predicted octanol–water partition coefficient (Wildman–Crippen LogP) is 4.21. The van der Waals surface area contributed by atoms with Crippen LogP contribution >= 0.6 is 0 Å². The number of carboxylic acids is 1. The van der Waals surface area contributed by atoms with Gasteiger partial charge >= 0.3 is 5.97 Å². The quantitative estimate of drug-likeness (QED) is 0.161. The first-order chi connectivity index (χ1) is 18.0. The van der Waals surface area contributed by atoms with Crippen LogP contribution in [-0.2, 0) is 19.2 Å². The van der Waals surface area contributed by atoms with Crippen molar-refractivity contribution in [1.82, 2.24) is 5.32 Å². The number of hydrogen-bond donors (Lipinski definition) is 4. The molecule has 0 radical (unpaired) electrons. The third kappa shape index (κ3) is 10.6. The molecule has 0 spiro atoms. The maximum absolute atomic E-state index is 12.6. The van der Waals surface area contributed by atoms with Gasteiger partial charge in [-0.3, -0.25) is 14.4 Å². The largest absolute Gasteiger partial charge is 0.480 e. The van der Waals surface area contributed by atoms with Crippen molar-refractivity contribution in [3.63, 3.8) is 0 Å². The molecule has 0 aromatic rings. The molecule has 0 saturated heterocycles. The summed E-state index contributed by atoms with van der Waals surface area (Å²) in [7, 11) is 0. The van der Waals surface area contributed by atoms with E-state index in [-0.39, 0.29) is 55.0 Å². The normalized spacial score (nSPS) is 27.2. The van der Waals surface area contributed by atoms with Gasteiger partial charge in [0, 0.05) is 37.5 Å². The standard InChI is InChI=1S/C30H49NO7/c1-4-5-8-20-11-12-21(16-20)26(33)14-13-23-24(28(35)18-27(23)34)17-22(32)9-6-7-10-29(36)31-25(30(37)38)15-19(2)3/h13-14,19-21,23-27,33-34H,4-12,15-18H2,1-3H3,(H,31,36)(H,37,38)/b14-13+/t20-,21?,23+,24+,25-,26-,27+/m0/s1. The fourth-order valence-electron chi connectivity index (χ4n) is 5.98. The van der Waals surface area contributed by atoms with Crippen LogP contribution in [-0.4, -0.2) is 57.0 Å². The van der Waals surface area contributed by atoms with E-state index < -0.39 is 36.1 Å². The number of unbranched alkanes of at least 4 members (excludes halogenated alkanes) is 2. The number of Topliss-reactive ketones (excluding diaryl/α,β-unsaturated/α-hetero) is 2. The number of carbonyl (C=O) groups excluding carboxylic acids is 3. The molecule has 2 rings (SSSR count).